The van der Waals surface area contributed by atoms with Crippen LogP contribution in [0.25, 0.3) is 22.3 Å². The monoisotopic (exact) mass is 471 g/mol. The van der Waals surface area contributed by atoms with Gasteiger partial charge in [0.15, 0.2) is 0 Å². The Kier molecular flexibility index (Phi) is 5.24. The average Bonchev–Trinajstić information content (AvgIpc) is 3.12. The van der Waals surface area contributed by atoms with Crippen molar-refractivity contribution < 1.29 is 0 Å². The van der Waals surface area contributed by atoms with Gasteiger partial charge in [0.25, 0.3) is 0 Å². The number of fused-ring (bicyclic) bond motifs is 3. The van der Waals surface area contributed by atoms with Gasteiger partial charge in [0.05, 0.1) is 0 Å². The Balaban J connectivity index is 1.49. The number of anilines is 3. The van der Waals surface area contributed by atoms with Crippen molar-refractivity contribution >= 4 is 28.7 Å². The second kappa shape index (κ2) is 8.45. The summed E-state index contributed by atoms with van der Waals surface area (Å²) in [5, 5.41) is 0.723. The second-order valence-electron chi connectivity index (χ2n) is 9.63. The summed E-state index contributed by atoms with van der Waals surface area (Å²) in [6.45, 7) is 4.63. The van der Waals surface area contributed by atoms with Gasteiger partial charge in [0, 0.05) is 27.5 Å². The van der Waals surface area contributed by atoms with E-state index in [1.165, 1.54) is 33.4 Å². The van der Waals surface area contributed by atoms with Gasteiger partial charge in [-0.15, -0.1) is 0 Å². The molecule has 0 N–H and O–H groups in total. The lowest BCUT2D eigenvalue weighted by atomic mass is 9.82. The molecule has 1 aliphatic carbocycles. The minimum Gasteiger partial charge on any atom is -0.310 e. The largest absolute Gasteiger partial charge is 0.310 e. The Morgan fingerprint density at radius 1 is 0.514 bits per heavy atom. The van der Waals surface area contributed by atoms with Crippen molar-refractivity contribution in [2.24, 2.45) is 0 Å². The third-order valence-electron chi connectivity index (χ3n) is 7.12. The Morgan fingerprint density at radius 2 is 1.14 bits per heavy atom. The minimum atomic E-state index is -0.0112. The van der Waals surface area contributed by atoms with Gasteiger partial charge in [0.1, 0.15) is 0 Å². The minimum absolute atomic E-state index is 0.0112. The van der Waals surface area contributed by atoms with Crippen LogP contribution in [0.15, 0.2) is 121 Å². The van der Waals surface area contributed by atoms with Crippen LogP contribution in [0.4, 0.5) is 17.1 Å². The average molecular weight is 472 g/mol. The molecule has 6 rings (SSSR count). The number of benzene rings is 5. The predicted octanol–water partition coefficient (Wildman–Crippen LogP) is 9.78. The number of hydrogen-bond acceptors (Lipinski definition) is 1. The summed E-state index contributed by atoms with van der Waals surface area (Å²) >= 11 is 6.44. The van der Waals surface area contributed by atoms with Crippen LogP contribution in [-0.4, -0.2) is 0 Å². The van der Waals surface area contributed by atoms with Crippen LogP contribution in [0.2, 0.25) is 5.02 Å². The highest BCUT2D eigenvalue weighted by atomic mass is 35.5. The molecule has 0 aromatic heterocycles. The topological polar surface area (TPSA) is 3.24 Å². The fourth-order valence-electron chi connectivity index (χ4n) is 5.34. The maximum Gasteiger partial charge on any atom is 0.0476 e. The zero-order valence-electron chi connectivity index (χ0n) is 19.9. The molecule has 5 aromatic rings. The van der Waals surface area contributed by atoms with E-state index in [0.717, 1.165) is 22.1 Å². The maximum absolute atomic E-state index is 6.44. The zero-order valence-corrected chi connectivity index (χ0v) is 20.6. The van der Waals surface area contributed by atoms with Crippen molar-refractivity contribution in [3.8, 4) is 22.3 Å². The van der Waals surface area contributed by atoms with Crippen molar-refractivity contribution in [3.05, 3.63) is 137 Å². The lowest BCUT2D eigenvalue weighted by molar-refractivity contribution is 0.660. The van der Waals surface area contributed by atoms with Crippen LogP contribution < -0.4 is 4.90 Å². The molecule has 0 amide bonds. The molecule has 0 saturated carbocycles. The molecule has 0 aliphatic heterocycles. The highest BCUT2D eigenvalue weighted by Crippen LogP contribution is 2.50. The molecular formula is C33H26ClN. The maximum atomic E-state index is 6.44. The Hall–Kier alpha value is -3.81. The molecule has 0 saturated heterocycles. The molecule has 0 fully saturated rings. The summed E-state index contributed by atoms with van der Waals surface area (Å²) in [7, 11) is 0. The van der Waals surface area contributed by atoms with E-state index in [1.807, 2.05) is 24.3 Å². The molecule has 170 valence electrons. The molecule has 0 atom stereocenters. The first-order valence-electron chi connectivity index (χ1n) is 12.0. The van der Waals surface area contributed by atoms with Gasteiger partial charge in [-0.2, -0.15) is 0 Å². The summed E-state index contributed by atoms with van der Waals surface area (Å²) in [6, 6.07) is 42.9. The second-order valence-corrected chi connectivity index (χ2v) is 10.1. The van der Waals surface area contributed by atoms with E-state index < -0.39 is 0 Å². The standard InChI is InChI=1S/C33H26ClN/c1-33(2)31-14-7-6-13-29(31)30-22-28(19-20-32(30)33)35(27-12-8-11-25(34)21-27)26-17-15-24(16-18-26)23-9-4-3-5-10-23/h3-22H,1-2H3. The first kappa shape index (κ1) is 21.7. The van der Waals surface area contributed by atoms with Gasteiger partial charge in [-0.05, 0) is 75.8 Å². The third-order valence-corrected chi connectivity index (χ3v) is 7.36. The summed E-state index contributed by atoms with van der Waals surface area (Å²) < 4.78 is 0. The fourth-order valence-corrected chi connectivity index (χ4v) is 5.53. The van der Waals surface area contributed by atoms with E-state index >= 15 is 0 Å². The molecule has 1 aliphatic rings. The first-order valence-corrected chi connectivity index (χ1v) is 12.4. The number of halogens is 1. The van der Waals surface area contributed by atoms with E-state index in [2.05, 4.69) is 116 Å². The highest BCUT2D eigenvalue weighted by Gasteiger charge is 2.35. The van der Waals surface area contributed by atoms with E-state index in [4.69, 9.17) is 11.6 Å². The smallest absolute Gasteiger partial charge is 0.0476 e. The Labute approximate surface area is 212 Å². The van der Waals surface area contributed by atoms with Crippen LogP contribution in [0.1, 0.15) is 25.0 Å². The lowest BCUT2D eigenvalue weighted by Crippen LogP contribution is -2.15. The predicted molar refractivity (Wildman–Crippen MR) is 149 cm³/mol. The normalized spacial score (nSPS) is 13.2. The summed E-state index contributed by atoms with van der Waals surface area (Å²) in [5.74, 6) is 0. The van der Waals surface area contributed by atoms with Crippen LogP contribution >= 0.6 is 11.6 Å². The van der Waals surface area contributed by atoms with Crippen molar-refractivity contribution in [2.75, 3.05) is 4.90 Å². The van der Waals surface area contributed by atoms with Crippen LogP contribution in [0.5, 0.6) is 0 Å². The Morgan fingerprint density at radius 3 is 1.91 bits per heavy atom. The number of rotatable bonds is 4. The molecule has 0 bridgehead atoms. The molecule has 0 heterocycles. The number of hydrogen-bond donors (Lipinski definition) is 0. The SMILES string of the molecule is CC1(C)c2ccccc2-c2cc(N(c3ccc(-c4ccccc4)cc3)c3cccc(Cl)c3)ccc21. The quantitative estimate of drug-likeness (QED) is 0.252. The first-order chi connectivity index (χ1) is 17.0. The van der Waals surface area contributed by atoms with Gasteiger partial charge >= 0.3 is 0 Å². The molecular weight excluding hydrogens is 446 g/mol. The summed E-state index contributed by atoms with van der Waals surface area (Å²) in [6.07, 6.45) is 0. The molecule has 1 nitrogen and oxygen atoms in total. The molecule has 0 spiro atoms. The van der Waals surface area contributed by atoms with Crippen LogP contribution in [0.3, 0.4) is 0 Å². The van der Waals surface area contributed by atoms with Gasteiger partial charge in [-0.1, -0.05) is 104 Å². The lowest BCUT2D eigenvalue weighted by Gasteiger charge is -2.27. The summed E-state index contributed by atoms with van der Waals surface area (Å²) in [5.41, 5.74) is 11.0. The fraction of sp³-hybridized carbons (Fsp3) is 0.0909. The van der Waals surface area contributed by atoms with E-state index in [-0.39, 0.29) is 5.41 Å². The van der Waals surface area contributed by atoms with Gasteiger partial charge in [-0.3, -0.25) is 0 Å². The van der Waals surface area contributed by atoms with Gasteiger partial charge in [0.2, 0.25) is 0 Å². The Bertz CT molecular complexity index is 1520. The van der Waals surface area contributed by atoms with E-state index in [9.17, 15) is 0 Å². The highest BCUT2D eigenvalue weighted by molar-refractivity contribution is 6.30. The van der Waals surface area contributed by atoms with Crippen LogP contribution in [0, 0.1) is 0 Å². The molecule has 35 heavy (non-hydrogen) atoms. The van der Waals surface area contributed by atoms with E-state index in [0.29, 0.717) is 0 Å². The van der Waals surface area contributed by atoms with Crippen molar-refractivity contribution in [3.63, 3.8) is 0 Å². The van der Waals surface area contributed by atoms with Crippen molar-refractivity contribution in [1.82, 2.24) is 0 Å². The van der Waals surface area contributed by atoms with Crippen molar-refractivity contribution in [1.29, 1.82) is 0 Å². The van der Waals surface area contributed by atoms with Gasteiger partial charge < -0.3 is 4.90 Å². The number of nitrogens with zero attached hydrogens (tertiary/aromatic N) is 1. The summed E-state index contributed by atoms with van der Waals surface area (Å²) in [4.78, 5) is 2.29. The molecule has 0 radical (unpaired) electrons. The molecule has 2 heteroatoms. The van der Waals surface area contributed by atoms with Gasteiger partial charge in [-0.25, -0.2) is 0 Å². The zero-order chi connectivity index (χ0) is 24.0. The third kappa shape index (κ3) is 3.73. The van der Waals surface area contributed by atoms with Crippen LogP contribution in [-0.2, 0) is 5.41 Å². The molecule has 5 aromatic carbocycles. The molecule has 0 unspecified atom stereocenters. The van der Waals surface area contributed by atoms with E-state index in [1.54, 1.807) is 0 Å². The van der Waals surface area contributed by atoms with Crippen molar-refractivity contribution in [2.45, 2.75) is 19.3 Å².